The number of hydrogen-bond donors (Lipinski definition) is 1. The summed E-state index contributed by atoms with van der Waals surface area (Å²) in [5.41, 5.74) is 3.95. The van der Waals surface area contributed by atoms with Crippen LogP contribution in [0.4, 0.5) is 10.5 Å². The van der Waals surface area contributed by atoms with E-state index < -0.39 is 0 Å². The molecule has 1 fully saturated rings. The third-order valence-electron chi connectivity index (χ3n) is 5.25. The molecule has 0 aliphatic carbocycles. The van der Waals surface area contributed by atoms with Crippen molar-refractivity contribution in [3.63, 3.8) is 0 Å². The Bertz CT molecular complexity index is 918. The van der Waals surface area contributed by atoms with Crippen LogP contribution in [0.2, 0.25) is 0 Å². The van der Waals surface area contributed by atoms with E-state index in [1.54, 1.807) is 6.20 Å². The van der Waals surface area contributed by atoms with E-state index in [2.05, 4.69) is 38.9 Å². The smallest absolute Gasteiger partial charge is 0.321 e. The second-order valence-electron chi connectivity index (χ2n) is 7.18. The fraction of sp³-hybridized carbons (Fsp3) is 0.381. The summed E-state index contributed by atoms with van der Waals surface area (Å²) in [5, 5.41) is 3.03. The lowest BCUT2D eigenvalue weighted by molar-refractivity contribution is 0.171. The van der Waals surface area contributed by atoms with Gasteiger partial charge in [0, 0.05) is 31.5 Å². The molecule has 27 heavy (non-hydrogen) atoms. The molecule has 0 bridgehead atoms. The van der Waals surface area contributed by atoms with Crippen LogP contribution < -0.4 is 5.32 Å². The molecule has 3 heterocycles. The number of fused-ring (bicyclic) bond motifs is 1. The first kappa shape index (κ1) is 17.5. The number of anilines is 1. The lowest BCUT2D eigenvalue weighted by atomic mass is 9.98. The number of hydrogen-bond acceptors (Lipinski definition) is 3. The fourth-order valence-corrected chi connectivity index (χ4v) is 3.73. The first-order valence-corrected chi connectivity index (χ1v) is 9.63. The quantitative estimate of drug-likeness (QED) is 0.764. The summed E-state index contributed by atoms with van der Waals surface area (Å²) in [5.74, 6) is 0.409. The van der Waals surface area contributed by atoms with Crippen molar-refractivity contribution in [2.45, 2.75) is 32.7 Å². The highest BCUT2D eigenvalue weighted by molar-refractivity contribution is 5.89. The van der Waals surface area contributed by atoms with Crippen molar-refractivity contribution in [2.75, 3.05) is 18.4 Å². The van der Waals surface area contributed by atoms with Crippen molar-refractivity contribution in [3.05, 3.63) is 54.5 Å². The Balaban J connectivity index is 1.39. The third-order valence-corrected chi connectivity index (χ3v) is 5.25. The van der Waals surface area contributed by atoms with Crippen LogP contribution in [0.3, 0.4) is 0 Å². The van der Waals surface area contributed by atoms with E-state index in [1.807, 2.05) is 35.5 Å². The maximum atomic E-state index is 12.7. The van der Waals surface area contributed by atoms with Gasteiger partial charge in [0.2, 0.25) is 0 Å². The maximum absolute atomic E-state index is 12.7. The standard InChI is InChI=1S/C21H25N5O/c1-2-16-7-9-18(10-8-16)24-21(27)25-12-4-5-17(13-25)14-26-15-23-19-6-3-11-22-20(19)26/h3,6-11,15,17H,2,4-5,12-14H2,1H3,(H,24,27). The molecular weight excluding hydrogens is 338 g/mol. The predicted octanol–water partition coefficient (Wildman–Crippen LogP) is 3.94. The minimum absolute atomic E-state index is 0.0161. The molecule has 2 aromatic heterocycles. The Morgan fingerprint density at radius 3 is 2.89 bits per heavy atom. The Kier molecular flexibility index (Phi) is 5.05. The van der Waals surface area contributed by atoms with Crippen molar-refractivity contribution < 1.29 is 4.79 Å². The maximum Gasteiger partial charge on any atom is 0.321 e. The van der Waals surface area contributed by atoms with E-state index in [0.29, 0.717) is 5.92 Å². The van der Waals surface area contributed by atoms with Crippen molar-refractivity contribution >= 4 is 22.9 Å². The largest absolute Gasteiger partial charge is 0.324 e. The van der Waals surface area contributed by atoms with Crippen LogP contribution >= 0.6 is 0 Å². The molecule has 3 aromatic rings. The zero-order chi connectivity index (χ0) is 18.6. The molecule has 1 N–H and O–H groups in total. The summed E-state index contributed by atoms with van der Waals surface area (Å²) in [7, 11) is 0. The van der Waals surface area contributed by atoms with Crippen molar-refractivity contribution in [3.8, 4) is 0 Å². The van der Waals surface area contributed by atoms with Gasteiger partial charge in [-0.25, -0.2) is 14.8 Å². The zero-order valence-corrected chi connectivity index (χ0v) is 15.6. The first-order chi connectivity index (χ1) is 13.2. The molecular formula is C21H25N5O. The normalized spacial score (nSPS) is 17.2. The van der Waals surface area contributed by atoms with Crippen molar-refractivity contribution in [1.82, 2.24) is 19.4 Å². The number of urea groups is 1. The van der Waals surface area contributed by atoms with Crippen LogP contribution in [-0.4, -0.2) is 38.6 Å². The fourth-order valence-electron chi connectivity index (χ4n) is 3.73. The molecule has 6 heteroatoms. The van der Waals surface area contributed by atoms with Crippen LogP contribution in [-0.2, 0) is 13.0 Å². The molecule has 1 aliphatic rings. The molecule has 0 spiro atoms. The van der Waals surface area contributed by atoms with E-state index in [-0.39, 0.29) is 6.03 Å². The molecule has 0 radical (unpaired) electrons. The molecule has 2 amide bonds. The number of imidazole rings is 1. The summed E-state index contributed by atoms with van der Waals surface area (Å²) in [6.45, 7) is 4.52. The number of rotatable bonds is 4. The number of nitrogens with zero attached hydrogens (tertiary/aromatic N) is 4. The van der Waals surface area contributed by atoms with E-state index in [0.717, 1.165) is 55.7 Å². The van der Waals surface area contributed by atoms with Gasteiger partial charge in [-0.3, -0.25) is 0 Å². The number of amides is 2. The summed E-state index contributed by atoms with van der Waals surface area (Å²) in [4.78, 5) is 23.4. The van der Waals surface area contributed by atoms with Crippen molar-refractivity contribution in [1.29, 1.82) is 0 Å². The highest BCUT2D eigenvalue weighted by Crippen LogP contribution is 2.21. The van der Waals surface area contributed by atoms with Gasteiger partial charge in [-0.05, 0) is 55.0 Å². The number of pyridine rings is 1. The second kappa shape index (κ2) is 7.78. The molecule has 1 aromatic carbocycles. The number of likely N-dealkylation sites (tertiary alicyclic amines) is 1. The van der Waals surface area contributed by atoms with Crippen LogP contribution in [0.1, 0.15) is 25.3 Å². The average molecular weight is 363 g/mol. The SMILES string of the molecule is CCc1ccc(NC(=O)N2CCCC(Cn3cnc4cccnc43)C2)cc1. The molecule has 4 rings (SSSR count). The first-order valence-electron chi connectivity index (χ1n) is 9.63. The number of piperidine rings is 1. The van der Waals surface area contributed by atoms with Gasteiger partial charge in [0.1, 0.15) is 5.52 Å². The molecule has 1 unspecified atom stereocenters. The molecule has 0 saturated carbocycles. The molecule has 1 atom stereocenters. The van der Waals surface area contributed by atoms with Gasteiger partial charge in [-0.2, -0.15) is 0 Å². The second-order valence-corrected chi connectivity index (χ2v) is 7.18. The molecule has 140 valence electrons. The van der Waals surface area contributed by atoms with Gasteiger partial charge in [0.25, 0.3) is 0 Å². The third kappa shape index (κ3) is 3.94. The number of aromatic nitrogens is 3. The minimum atomic E-state index is -0.0161. The van der Waals surface area contributed by atoms with Gasteiger partial charge in [0.05, 0.1) is 6.33 Å². The van der Waals surface area contributed by atoms with Gasteiger partial charge >= 0.3 is 6.03 Å². The topological polar surface area (TPSA) is 63.1 Å². The number of carbonyl (C=O) groups is 1. The van der Waals surface area contributed by atoms with Gasteiger partial charge < -0.3 is 14.8 Å². The summed E-state index contributed by atoms with van der Waals surface area (Å²) < 4.78 is 2.10. The van der Waals surface area contributed by atoms with Gasteiger partial charge in [-0.15, -0.1) is 0 Å². The number of nitrogens with one attached hydrogen (secondary N) is 1. The van der Waals surface area contributed by atoms with E-state index >= 15 is 0 Å². The summed E-state index contributed by atoms with van der Waals surface area (Å²) in [6, 6.07) is 11.9. The van der Waals surface area contributed by atoms with Crippen LogP contribution in [0.25, 0.3) is 11.2 Å². The molecule has 6 nitrogen and oxygen atoms in total. The number of carbonyl (C=O) groups excluding carboxylic acids is 1. The van der Waals surface area contributed by atoms with Crippen molar-refractivity contribution in [2.24, 2.45) is 5.92 Å². The Morgan fingerprint density at radius 1 is 1.22 bits per heavy atom. The lowest BCUT2D eigenvalue weighted by Crippen LogP contribution is -2.43. The Morgan fingerprint density at radius 2 is 2.07 bits per heavy atom. The Labute approximate surface area is 159 Å². The highest BCUT2D eigenvalue weighted by atomic mass is 16.2. The van der Waals surface area contributed by atoms with E-state index in [1.165, 1.54) is 5.56 Å². The van der Waals surface area contributed by atoms with Crippen LogP contribution in [0, 0.1) is 5.92 Å². The Hall–Kier alpha value is -2.89. The van der Waals surface area contributed by atoms with Crippen LogP contribution in [0.5, 0.6) is 0 Å². The average Bonchev–Trinajstić information content (AvgIpc) is 3.12. The number of benzene rings is 1. The summed E-state index contributed by atoms with van der Waals surface area (Å²) >= 11 is 0. The number of aryl methyl sites for hydroxylation is 1. The van der Waals surface area contributed by atoms with Gasteiger partial charge in [0.15, 0.2) is 5.65 Å². The van der Waals surface area contributed by atoms with E-state index in [9.17, 15) is 4.79 Å². The monoisotopic (exact) mass is 363 g/mol. The predicted molar refractivity (Wildman–Crippen MR) is 107 cm³/mol. The zero-order valence-electron chi connectivity index (χ0n) is 15.6. The highest BCUT2D eigenvalue weighted by Gasteiger charge is 2.24. The summed E-state index contributed by atoms with van der Waals surface area (Å²) in [6.07, 6.45) is 6.78. The lowest BCUT2D eigenvalue weighted by Gasteiger charge is -2.33. The van der Waals surface area contributed by atoms with Gasteiger partial charge in [-0.1, -0.05) is 19.1 Å². The van der Waals surface area contributed by atoms with Crippen LogP contribution in [0.15, 0.2) is 48.9 Å². The molecule has 1 aliphatic heterocycles. The molecule has 1 saturated heterocycles. The minimum Gasteiger partial charge on any atom is -0.324 e. The van der Waals surface area contributed by atoms with E-state index in [4.69, 9.17) is 0 Å².